The molecule has 1 N–H and O–H groups in total. The lowest BCUT2D eigenvalue weighted by atomic mass is 10.0. The van der Waals surface area contributed by atoms with E-state index in [4.69, 9.17) is 4.74 Å². The second-order valence-corrected chi connectivity index (χ2v) is 5.55. The fourth-order valence-corrected chi connectivity index (χ4v) is 1.53. The summed E-state index contributed by atoms with van der Waals surface area (Å²) >= 11 is 0. The molecule has 0 radical (unpaired) electrons. The van der Waals surface area contributed by atoms with Crippen LogP contribution in [-0.2, 0) is 6.54 Å². The molecule has 1 aromatic rings. The Morgan fingerprint density at radius 3 is 2.42 bits per heavy atom. The standard InChI is InChI=1S/C16H26N2O/c1-6-11-19-15-9-7-14(8-10-15)12-17-13-16(2,3)18(4)5/h6-10,17H,1,11-13H2,2-5H3. The van der Waals surface area contributed by atoms with Crippen LogP contribution in [0, 0.1) is 0 Å². The van der Waals surface area contributed by atoms with E-state index in [9.17, 15) is 0 Å². The van der Waals surface area contributed by atoms with Gasteiger partial charge in [0, 0.05) is 18.6 Å². The molecule has 106 valence electrons. The third-order valence-corrected chi connectivity index (χ3v) is 3.39. The summed E-state index contributed by atoms with van der Waals surface area (Å²) in [5.41, 5.74) is 1.42. The molecule has 0 fully saturated rings. The van der Waals surface area contributed by atoms with Crippen LogP contribution in [0.2, 0.25) is 0 Å². The van der Waals surface area contributed by atoms with Gasteiger partial charge in [0.05, 0.1) is 0 Å². The molecule has 3 nitrogen and oxygen atoms in total. The minimum Gasteiger partial charge on any atom is -0.490 e. The summed E-state index contributed by atoms with van der Waals surface area (Å²) in [4.78, 5) is 2.23. The normalized spacial score (nSPS) is 11.6. The van der Waals surface area contributed by atoms with E-state index >= 15 is 0 Å². The van der Waals surface area contributed by atoms with Crippen molar-refractivity contribution in [3.63, 3.8) is 0 Å². The minimum atomic E-state index is 0.160. The average Bonchev–Trinajstić information content (AvgIpc) is 2.37. The van der Waals surface area contributed by atoms with Crippen LogP contribution in [0.5, 0.6) is 5.75 Å². The van der Waals surface area contributed by atoms with Crippen molar-refractivity contribution < 1.29 is 4.74 Å². The highest BCUT2D eigenvalue weighted by Crippen LogP contribution is 2.13. The van der Waals surface area contributed by atoms with Gasteiger partial charge in [0.25, 0.3) is 0 Å². The quantitative estimate of drug-likeness (QED) is 0.729. The van der Waals surface area contributed by atoms with Crippen molar-refractivity contribution in [3.05, 3.63) is 42.5 Å². The topological polar surface area (TPSA) is 24.5 Å². The summed E-state index contributed by atoms with van der Waals surface area (Å²) in [5.74, 6) is 0.886. The van der Waals surface area contributed by atoms with E-state index in [1.54, 1.807) is 6.08 Å². The summed E-state index contributed by atoms with van der Waals surface area (Å²) in [5, 5.41) is 3.49. The highest BCUT2D eigenvalue weighted by atomic mass is 16.5. The van der Waals surface area contributed by atoms with E-state index in [1.807, 2.05) is 12.1 Å². The van der Waals surface area contributed by atoms with Gasteiger partial charge in [-0.15, -0.1) is 0 Å². The number of likely N-dealkylation sites (N-methyl/N-ethyl adjacent to an activating group) is 1. The van der Waals surface area contributed by atoms with Gasteiger partial charge in [0.2, 0.25) is 0 Å². The number of hydrogen-bond acceptors (Lipinski definition) is 3. The Labute approximate surface area is 117 Å². The fourth-order valence-electron chi connectivity index (χ4n) is 1.53. The van der Waals surface area contributed by atoms with E-state index in [-0.39, 0.29) is 5.54 Å². The van der Waals surface area contributed by atoms with Gasteiger partial charge in [-0.25, -0.2) is 0 Å². The summed E-state index contributed by atoms with van der Waals surface area (Å²) in [6, 6.07) is 8.18. The Kier molecular flexibility index (Phi) is 6.06. The number of rotatable bonds is 8. The van der Waals surface area contributed by atoms with Crippen molar-refractivity contribution >= 4 is 0 Å². The van der Waals surface area contributed by atoms with Crippen LogP contribution in [0.4, 0.5) is 0 Å². The molecule has 0 unspecified atom stereocenters. The first kappa shape index (κ1) is 15.7. The third kappa shape index (κ3) is 5.45. The van der Waals surface area contributed by atoms with Crippen molar-refractivity contribution in [2.75, 3.05) is 27.2 Å². The van der Waals surface area contributed by atoms with Crippen molar-refractivity contribution in [2.24, 2.45) is 0 Å². The zero-order chi connectivity index (χ0) is 14.3. The lowest BCUT2D eigenvalue weighted by molar-refractivity contribution is 0.190. The summed E-state index contributed by atoms with van der Waals surface area (Å²) in [6.07, 6.45) is 1.75. The first-order valence-corrected chi connectivity index (χ1v) is 6.66. The number of hydrogen-bond donors (Lipinski definition) is 1. The zero-order valence-electron chi connectivity index (χ0n) is 12.6. The molecular weight excluding hydrogens is 236 g/mol. The Morgan fingerprint density at radius 1 is 1.26 bits per heavy atom. The molecule has 0 bridgehead atoms. The predicted octanol–water partition coefficient (Wildman–Crippen LogP) is 2.68. The molecule has 0 aliphatic heterocycles. The Bertz CT molecular complexity index is 382. The Morgan fingerprint density at radius 2 is 1.89 bits per heavy atom. The van der Waals surface area contributed by atoms with Crippen LogP contribution < -0.4 is 10.1 Å². The first-order valence-electron chi connectivity index (χ1n) is 6.66. The number of nitrogens with one attached hydrogen (secondary N) is 1. The summed E-state index contributed by atoms with van der Waals surface area (Å²) < 4.78 is 5.46. The van der Waals surface area contributed by atoms with Gasteiger partial charge >= 0.3 is 0 Å². The molecule has 0 aliphatic rings. The maximum Gasteiger partial charge on any atom is 0.119 e. The molecular formula is C16H26N2O. The minimum absolute atomic E-state index is 0.160. The molecule has 0 aromatic heterocycles. The van der Waals surface area contributed by atoms with Gasteiger partial charge in [0.1, 0.15) is 12.4 Å². The number of benzene rings is 1. The molecule has 1 aromatic carbocycles. The third-order valence-electron chi connectivity index (χ3n) is 3.39. The Hall–Kier alpha value is -1.32. The molecule has 0 aliphatic carbocycles. The van der Waals surface area contributed by atoms with Crippen LogP contribution in [0.15, 0.2) is 36.9 Å². The molecule has 3 heteroatoms. The van der Waals surface area contributed by atoms with Gasteiger partial charge in [-0.3, -0.25) is 0 Å². The lowest BCUT2D eigenvalue weighted by Gasteiger charge is -2.32. The summed E-state index contributed by atoms with van der Waals surface area (Å²) in [6.45, 7) is 10.5. The molecule has 0 saturated heterocycles. The highest BCUT2D eigenvalue weighted by molar-refractivity contribution is 5.27. The van der Waals surface area contributed by atoms with E-state index in [0.717, 1.165) is 18.8 Å². The largest absolute Gasteiger partial charge is 0.490 e. The van der Waals surface area contributed by atoms with Crippen LogP contribution >= 0.6 is 0 Å². The van der Waals surface area contributed by atoms with Crippen LogP contribution in [0.25, 0.3) is 0 Å². The fraction of sp³-hybridized carbons (Fsp3) is 0.500. The first-order chi connectivity index (χ1) is 8.95. The van der Waals surface area contributed by atoms with Crippen LogP contribution in [0.3, 0.4) is 0 Å². The molecule has 0 saturated carbocycles. The van der Waals surface area contributed by atoms with Crippen molar-refractivity contribution in [1.29, 1.82) is 0 Å². The van der Waals surface area contributed by atoms with Crippen molar-refractivity contribution in [1.82, 2.24) is 10.2 Å². The van der Waals surface area contributed by atoms with Crippen LogP contribution in [-0.4, -0.2) is 37.7 Å². The van der Waals surface area contributed by atoms with Crippen LogP contribution in [0.1, 0.15) is 19.4 Å². The molecule has 1 rings (SSSR count). The molecule has 0 heterocycles. The molecule has 0 amide bonds. The highest BCUT2D eigenvalue weighted by Gasteiger charge is 2.19. The average molecular weight is 262 g/mol. The molecule has 0 atom stereocenters. The SMILES string of the molecule is C=CCOc1ccc(CNCC(C)(C)N(C)C)cc1. The number of nitrogens with zero attached hydrogens (tertiary/aromatic N) is 1. The van der Waals surface area contributed by atoms with Crippen molar-refractivity contribution in [2.45, 2.75) is 25.9 Å². The van der Waals surface area contributed by atoms with E-state index in [0.29, 0.717) is 6.61 Å². The smallest absolute Gasteiger partial charge is 0.119 e. The predicted molar refractivity (Wildman–Crippen MR) is 81.6 cm³/mol. The lowest BCUT2D eigenvalue weighted by Crippen LogP contribution is -2.46. The maximum atomic E-state index is 5.46. The Balaban J connectivity index is 2.40. The monoisotopic (exact) mass is 262 g/mol. The zero-order valence-corrected chi connectivity index (χ0v) is 12.6. The van der Waals surface area contributed by atoms with Crippen molar-refractivity contribution in [3.8, 4) is 5.75 Å². The van der Waals surface area contributed by atoms with Gasteiger partial charge in [-0.2, -0.15) is 0 Å². The van der Waals surface area contributed by atoms with Gasteiger partial charge in [-0.1, -0.05) is 24.8 Å². The second-order valence-electron chi connectivity index (χ2n) is 5.55. The van der Waals surface area contributed by atoms with Gasteiger partial charge in [-0.05, 0) is 45.6 Å². The maximum absolute atomic E-state index is 5.46. The van der Waals surface area contributed by atoms with Gasteiger partial charge < -0.3 is 15.0 Å². The summed E-state index contributed by atoms with van der Waals surface area (Å²) in [7, 11) is 4.21. The second kappa shape index (κ2) is 7.31. The van der Waals surface area contributed by atoms with E-state index in [2.05, 4.69) is 56.9 Å². The number of ether oxygens (including phenoxy) is 1. The molecule has 0 spiro atoms. The van der Waals surface area contributed by atoms with Gasteiger partial charge in [0.15, 0.2) is 0 Å². The van der Waals surface area contributed by atoms with E-state index < -0.39 is 0 Å². The van der Waals surface area contributed by atoms with E-state index in [1.165, 1.54) is 5.56 Å². The molecule has 19 heavy (non-hydrogen) atoms.